The van der Waals surface area contributed by atoms with Crippen LogP contribution in [0.4, 0.5) is 5.69 Å². The van der Waals surface area contributed by atoms with Crippen LogP contribution in [0.15, 0.2) is 46.9 Å². The van der Waals surface area contributed by atoms with Gasteiger partial charge in [-0.1, -0.05) is 6.07 Å². The van der Waals surface area contributed by atoms with Crippen LogP contribution in [0, 0.1) is 13.8 Å². The van der Waals surface area contributed by atoms with E-state index in [1.807, 2.05) is 31.2 Å². The first kappa shape index (κ1) is 19.4. The molecule has 0 aliphatic carbocycles. The fourth-order valence-electron chi connectivity index (χ4n) is 3.04. The lowest BCUT2D eigenvalue weighted by Gasteiger charge is -2.10. The second-order valence-electron chi connectivity index (χ2n) is 6.55. The third kappa shape index (κ3) is 4.11. The summed E-state index contributed by atoms with van der Waals surface area (Å²) in [4.78, 5) is 12.5. The Morgan fingerprint density at radius 1 is 1.07 bits per heavy atom. The summed E-state index contributed by atoms with van der Waals surface area (Å²) in [6, 6.07) is 12.4. The second-order valence-corrected chi connectivity index (χ2v) is 6.55. The van der Waals surface area contributed by atoms with Crippen molar-refractivity contribution in [2.45, 2.75) is 20.3 Å². The van der Waals surface area contributed by atoms with Crippen molar-refractivity contribution in [3.63, 3.8) is 0 Å². The number of carbonyl (C=O) groups excluding carboxylic acids is 1. The summed E-state index contributed by atoms with van der Waals surface area (Å²) in [7, 11) is 3.20. The lowest BCUT2D eigenvalue weighted by Crippen LogP contribution is -2.11. The number of hydrogen-bond donors (Lipinski definition) is 2. The summed E-state index contributed by atoms with van der Waals surface area (Å²) in [5.74, 6) is 1.82. The highest BCUT2D eigenvalue weighted by Gasteiger charge is 2.16. The van der Waals surface area contributed by atoms with Gasteiger partial charge < -0.3 is 24.3 Å². The molecule has 2 N–H and O–H groups in total. The van der Waals surface area contributed by atoms with E-state index in [9.17, 15) is 9.90 Å². The van der Waals surface area contributed by atoms with Gasteiger partial charge in [0.25, 0.3) is 5.91 Å². The van der Waals surface area contributed by atoms with E-state index in [0.717, 1.165) is 11.1 Å². The Hall–Kier alpha value is -3.41. The maximum Gasteiger partial charge on any atom is 0.291 e. The molecule has 3 rings (SSSR count). The number of methoxy groups -OCH3 is 2. The number of aryl methyl sites for hydroxylation is 2. The molecule has 0 unspecified atom stereocenters. The van der Waals surface area contributed by atoms with Crippen LogP contribution in [0.2, 0.25) is 0 Å². The second kappa shape index (κ2) is 8.08. The number of carbonyl (C=O) groups is 1. The third-order valence-electron chi connectivity index (χ3n) is 4.43. The van der Waals surface area contributed by atoms with E-state index in [1.165, 1.54) is 0 Å². The number of benzene rings is 2. The molecule has 6 heteroatoms. The maximum atomic E-state index is 12.5. The van der Waals surface area contributed by atoms with Gasteiger partial charge in [0.15, 0.2) is 5.76 Å². The van der Waals surface area contributed by atoms with E-state index >= 15 is 0 Å². The Labute approximate surface area is 163 Å². The number of furan rings is 1. The summed E-state index contributed by atoms with van der Waals surface area (Å²) in [6.45, 7) is 3.68. The van der Waals surface area contributed by atoms with Crippen molar-refractivity contribution in [2.24, 2.45) is 0 Å². The standard InChI is InChI=1S/C22H23NO5/c1-13-9-14(2)21(24)18(10-13)23-22(25)20-8-6-17(28-20)12-15-11-16(26-3)5-7-19(15)27-4/h5-11,24H,12H2,1-4H3,(H,23,25). The Morgan fingerprint density at radius 2 is 1.86 bits per heavy atom. The predicted octanol–water partition coefficient (Wildman–Crippen LogP) is 4.46. The van der Waals surface area contributed by atoms with Crippen LogP contribution in [-0.2, 0) is 6.42 Å². The Kier molecular flexibility index (Phi) is 5.59. The molecule has 6 nitrogen and oxygen atoms in total. The zero-order valence-corrected chi connectivity index (χ0v) is 16.3. The molecule has 1 amide bonds. The first-order valence-corrected chi connectivity index (χ1v) is 8.82. The van der Waals surface area contributed by atoms with Crippen LogP contribution in [0.3, 0.4) is 0 Å². The smallest absolute Gasteiger partial charge is 0.291 e. The van der Waals surface area contributed by atoms with Crippen LogP contribution in [0.25, 0.3) is 0 Å². The molecule has 0 saturated heterocycles. The topological polar surface area (TPSA) is 80.9 Å². The molecule has 0 atom stereocenters. The van der Waals surface area contributed by atoms with Crippen LogP contribution in [-0.4, -0.2) is 25.2 Å². The molecule has 28 heavy (non-hydrogen) atoms. The molecule has 0 saturated carbocycles. The first-order chi connectivity index (χ1) is 13.4. The SMILES string of the molecule is COc1ccc(OC)c(Cc2ccc(C(=O)Nc3cc(C)cc(C)c3O)o2)c1. The number of phenols is 1. The Morgan fingerprint density at radius 3 is 2.57 bits per heavy atom. The lowest BCUT2D eigenvalue weighted by molar-refractivity contribution is 0.0994. The Bertz CT molecular complexity index is 1010. The number of hydrogen-bond acceptors (Lipinski definition) is 5. The molecule has 0 fully saturated rings. The quantitative estimate of drug-likeness (QED) is 0.616. The van der Waals surface area contributed by atoms with Crippen LogP contribution >= 0.6 is 0 Å². The van der Waals surface area contributed by atoms with Gasteiger partial charge in [0.2, 0.25) is 0 Å². The normalized spacial score (nSPS) is 10.6. The number of phenolic OH excluding ortho intramolecular Hbond substituents is 1. The number of amides is 1. The summed E-state index contributed by atoms with van der Waals surface area (Å²) in [5.41, 5.74) is 2.88. The summed E-state index contributed by atoms with van der Waals surface area (Å²) >= 11 is 0. The maximum absolute atomic E-state index is 12.5. The van der Waals surface area contributed by atoms with Gasteiger partial charge in [-0.25, -0.2) is 0 Å². The molecule has 0 aliphatic heterocycles. The van der Waals surface area contributed by atoms with Crippen LogP contribution in [0.1, 0.15) is 33.0 Å². The molecular formula is C22H23NO5. The van der Waals surface area contributed by atoms with Gasteiger partial charge in [0.1, 0.15) is 23.0 Å². The molecule has 2 aromatic carbocycles. The average molecular weight is 381 g/mol. The van der Waals surface area contributed by atoms with Crippen LogP contribution < -0.4 is 14.8 Å². The van der Waals surface area contributed by atoms with Crippen molar-refractivity contribution in [3.05, 3.63) is 70.7 Å². The van der Waals surface area contributed by atoms with Crippen molar-refractivity contribution < 1.29 is 23.8 Å². The van der Waals surface area contributed by atoms with E-state index in [0.29, 0.717) is 34.9 Å². The Balaban J connectivity index is 1.78. The van der Waals surface area contributed by atoms with Crippen molar-refractivity contribution >= 4 is 11.6 Å². The van der Waals surface area contributed by atoms with Gasteiger partial charge in [0, 0.05) is 12.0 Å². The largest absolute Gasteiger partial charge is 0.505 e. The highest BCUT2D eigenvalue weighted by atomic mass is 16.5. The molecule has 146 valence electrons. The third-order valence-corrected chi connectivity index (χ3v) is 4.43. The fourth-order valence-corrected chi connectivity index (χ4v) is 3.04. The van der Waals surface area contributed by atoms with Gasteiger partial charge >= 0.3 is 0 Å². The van der Waals surface area contributed by atoms with Crippen LogP contribution in [0.5, 0.6) is 17.2 Å². The van der Waals surface area contributed by atoms with Gasteiger partial charge in [-0.2, -0.15) is 0 Å². The van der Waals surface area contributed by atoms with E-state index in [4.69, 9.17) is 13.9 Å². The van der Waals surface area contributed by atoms with Gasteiger partial charge in [-0.15, -0.1) is 0 Å². The zero-order valence-electron chi connectivity index (χ0n) is 16.3. The van der Waals surface area contributed by atoms with Crippen molar-refractivity contribution in [3.8, 4) is 17.2 Å². The average Bonchev–Trinajstić information content (AvgIpc) is 3.14. The van der Waals surface area contributed by atoms with Crippen molar-refractivity contribution in [1.29, 1.82) is 0 Å². The predicted molar refractivity (Wildman–Crippen MR) is 107 cm³/mol. The molecule has 3 aromatic rings. The van der Waals surface area contributed by atoms with Crippen molar-refractivity contribution in [1.82, 2.24) is 0 Å². The fraction of sp³-hybridized carbons (Fsp3) is 0.227. The molecular weight excluding hydrogens is 358 g/mol. The number of aromatic hydroxyl groups is 1. The van der Waals surface area contributed by atoms with E-state index < -0.39 is 5.91 Å². The number of anilines is 1. The van der Waals surface area contributed by atoms with E-state index in [2.05, 4.69) is 5.32 Å². The molecule has 0 radical (unpaired) electrons. The number of nitrogens with one attached hydrogen (secondary N) is 1. The molecule has 0 spiro atoms. The monoisotopic (exact) mass is 381 g/mol. The van der Waals surface area contributed by atoms with Gasteiger partial charge in [0.05, 0.1) is 19.9 Å². The number of ether oxygens (including phenoxy) is 2. The first-order valence-electron chi connectivity index (χ1n) is 8.82. The highest BCUT2D eigenvalue weighted by molar-refractivity contribution is 6.03. The number of rotatable bonds is 6. The minimum Gasteiger partial charge on any atom is -0.505 e. The zero-order chi connectivity index (χ0) is 20.3. The molecule has 1 heterocycles. The van der Waals surface area contributed by atoms with E-state index in [1.54, 1.807) is 39.3 Å². The summed E-state index contributed by atoms with van der Waals surface area (Å²) in [6.07, 6.45) is 0.447. The molecule has 1 aromatic heterocycles. The van der Waals surface area contributed by atoms with Crippen molar-refractivity contribution in [2.75, 3.05) is 19.5 Å². The van der Waals surface area contributed by atoms with E-state index in [-0.39, 0.29) is 11.5 Å². The van der Waals surface area contributed by atoms with Gasteiger partial charge in [-0.05, 0) is 61.4 Å². The summed E-state index contributed by atoms with van der Waals surface area (Å²) < 4.78 is 16.3. The summed E-state index contributed by atoms with van der Waals surface area (Å²) in [5, 5.41) is 12.9. The highest BCUT2D eigenvalue weighted by Crippen LogP contribution is 2.30. The minimum atomic E-state index is -0.427. The lowest BCUT2D eigenvalue weighted by atomic mass is 10.1. The van der Waals surface area contributed by atoms with Gasteiger partial charge in [-0.3, -0.25) is 4.79 Å². The molecule has 0 bridgehead atoms. The molecule has 0 aliphatic rings. The minimum absolute atomic E-state index is 0.0480.